The number of halogens is 1. The van der Waals surface area contributed by atoms with Gasteiger partial charge in [-0.3, -0.25) is 4.79 Å². The zero-order chi connectivity index (χ0) is 16.2. The number of aromatic nitrogens is 1. The number of nitrogens with two attached hydrogens (primary N) is 1. The van der Waals surface area contributed by atoms with Gasteiger partial charge in [-0.05, 0) is 24.2 Å². The second-order valence-electron chi connectivity index (χ2n) is 5.74. The third-order valence-corrected chi connectivity index (χ3v) is 4.84. The van der Waals surface area contributed by atoms with Gasteiger partial charge in [-0.15, -0.1) is 11.3 Å². The van der Waals surface area contributed by atoms with Crippen LogP contribution in [-0.2, 0) is 11.8 Å². The number of benzene rings is 1. The topological polar surface area (TPSA) is 68.0 Å². The molecule has 0 aliphatic rings. The first kappa shape index (κ1) is 17.1. The van der Waals surface area contributed by atoms with E-state index >= 15 is 0 Å². The van der Waals surface area contributed by atoms with Crippen LogP contribution in [0.5, 0.6) is 0 Å². The van der Waals surface area contributed by atoms with E-state index in [0.717, 1.165) is 9.48 Å². The highest BCUT2D eigenvalue weighted by Gasteiger charge is 2.22. The molecule has 1 aromatic carbocycles. The van der Waals surface area contributed by atoms with Gasteiger partial charge in [0.05, 0.1) is 5.01 Å². The smallest absolute Gasteiger partial charge is 0.270 e. The van der Waals surface area contributed by atoms with Gasteiger partial charge >= 0.3 is 0 Å². The Labute approximate surface area is 143 Å². The Hall–Kier alpha value is -1.24. The molecule has 6 heteroatoms. The lowest BCUT2D eigenvalue weighted by Gasteiger charge is -2.25. The van der Waals surface area contributed by atoms with E-state index in [2.05, 4.69) is 52.2 Å². The van der Waals surface area contributed by atoms with Crippen molar-refractivity contribution in [2.45, 2.75) is 25.7 Å². The third-order valence-electron chi connectivity index (χ3n) is 3.44. The molecule has 0 aliphatic heterocycles. The molecule has 3 N–H and O–H groups in total. The van der Waals surface area contributed by atoms with E-state index in [4.69, 9.17) is 5.73 Å². The summed E-state index contributed by atoms with van der Waals surface area (Å²) >= 11 is 4.96. The van der Waals surface area contributed by atoms with E-state index in [9.17, 15) is 4.79 Å². The fraction of sp³-hybridized carbons (Fsp3) is 0.375. The molecular weight excluding hydrogens is 362 g/mol. The largest absolute Gasteiger partial charge is 0.350 e. The molecule has 0 bridgehead atoms. The maximum Gasteiger partial charge on any atom is 0.270 e. The van der Waals surface area contributed by atoms with Gasteiger partial charge in [0, 0.05) is 28.2 Å². The first-order valence-corrected chi connectivity index (χ1v) is 8.78. The first-order valence-electron chi connectivity index (χ1n) is 7.11. The minimum atomic E-state index is -0.157. The Morgan fingerprint density at radius 3 is 2.91 bits per heavy atom. The Bertz CT molecular complexity index is 654. The van der Waals surface area contributed by atoms with Crippen LogP contribution in [0.25, 0.3) is 0 Å². The van der Waals surface area contributed by atoms with Crippen LogP contribution in [0, 0.1) is 0 Å². The highest BCUT2D eigenvalue weighted by molar-refractivity contribution is 9.10. The maximum atomic E-state index is 12.2. The third kappa shape index (κ3) is 4.38. The summed E-state index contributed by atoms with van der Waals surface area (Å²) in [6.07, 6.45) is 0.710. The molecule has 1 amide bonds. The molecule has 0 radical (unpaired) electrons. The molecule has 2 aromatic rings. The average Bonchev–Trinajstić information content (AvgIpc) is 2.94. The molecular formula is C16H20BrN3OS. The number of nitrogens with one attached hydrogen (secondary N) is 1. The molecule has 0 saturated heterocycles. The number of carbonyl (C=O) groups excluding carboxylic acids is 1. The van der Waals surface area contributed by atoms with Crippen molar-refractivity contribution in [3.05, 3.63) is 50.4 Å². The minimum absolute atomic E-state index is 0.136. The molecule has 0 spiro atoms. The predicted molar refractivity (Wildman–Crippen MR) is 94.4 cm³/mol. The van der Waals surface area contributed by atoms with E-state index < -0.39 is 0 Å². The molecule has 0 fully saturated rings. The van der Waals surface area contributed by atoms with Gasteiger partial charge in [0.25, 0.3) is 5.91 Å². The molecule has 0 saturated carbocycles. The van der Waals surface area contributed by atoms with Gasteiger partial charge < -0.3 is 11.1 Å². The summed E-state index contributed by atoms with van der Waals surface area (Å²) in [5.41, 5.74) is 6.98. The fourth-order valence-corrected chi connectivity index (χ4v) is 3.25. The highest BCUT2D eigenvalue weighted by atomic mass is 79.9. The second-order valence-corrected chi connectivity index (χ2v) is 7.60. The molecule has 118 valence electrons. The minimum Gasteiger partial charge on any atom is -0.350 e. The maximum absolute atomic E-state index is 12.2. The van der Waals surface area contributed by atoms with Crippen molar-refractivity contribution < 1.29 is 4.79 Å². The normalized spacial score (nSPS) is 11.5. The predicted octanol–water partition coefficient (Wildman–Crippen LogP) is 3.11. The monoisotopic (exact) mass is 381 g/mol. The Morgan fingerprint density at radius 2 is 2.23 bits per heavy atom. The van der Waals surface area contributed by atoms with Gasteiger partial charge in [-0.25, -0.2) is 4.98 Å². The average molecular weight is 382 g/mol. The van der Waals surface area contributed by atoms with E-state index in [1.807, 2.05) is 12.1 Å². The summed E-state index contributed by atoms with van der Waals surface area (Å²) < 4.78 is 1.04. The van der Waals surface area contributed by atoms with E-state index in [0.29, 0.717) is 25.2 Å². The number of hydrogen-bond donors (Lipinski definition) is 2. The van der Waals surface area contributed by atoms with Crippen LogP contribution in [0.2, 0.25) is 0 Å². The first-order chi connectivity index (χ1) is 10.4. The summed E-state index contributed by atoms with van der Waals surface area (Å²) in [7, 11) is 0. The number of amides is 1. The van der Waals surface area contributed by atoms with Gasteiger partial charge in [-0.1, -0.05) is 41.9 Å². The molecule has 4 nitrogen and oxygen atoms in total. The quantitative estimate of drug-likeness (QED) is 0.807. The fourth-order valence-electron chi connectivity index (χ4n) is 2.06. The number of rotatable bonds is 6. The molecule has 2 rings (SSSR count). The summed E-state index contributed by atoms with van der Waals surface area (Å²) in [4.78, 5) is 16.5. The molecule has 1 aromatic heterocycles. The molecule has 22 heavy (non-hydrogen) atoms. The Morgan fingerprint density at radius 1 is 1.45 bits per heavy atom. The van der Waals surface area contributed by atoms with Crippen LogP contribution in [0.4, 0.5) is 0 Å². The summed E-state index contributed by atoms with van der Waals surface area (Å²) in [5.74, 6) is -0.136. The van der Waals surface area contributed by atoms with Crippen molar-refractivity contribution in [2.75, 3.05) is 13.1 Å². The lowest BCUT2D eigenvalue weighted by Crippen LogP contribution is -2.36. The van der Waals surface area contributed by atoms with Gasteiger partial charge in [0.2, 0.25) is 0 Å². The van der Waals surface area contributed by atoms with Gasteiger partial charge in [0.15, 0.2) is 0 Å². The van der Waals surface area contributed by atoms with E-state index in [1.54, 1.807) is 5.38 Å². The van der Waals surface area contributed by atoms with Crippen molar-refractivity contribution in [2.24, 2.45) is 5.73 Å². The van der Waals surface area contributed by atoms with Crippen molar-refractivity contribution >= 4 is 33.2 Å². The van der Waals surface area contributed by atoms with Crippen LogP contribution in [0.3, 0.4) is 0 Å². The lowest BCUT2D eigenvalue weighted by molar-refractivity contribution is 0.0941. The Balaban J connectivity index is 2.00. The van der Waals surface area contributed by atoms with E-state index in [1.165, 1.54) is 16.9 Å². The number of hydrogen-bond acceptors (Lipinski definition) is 4. The van der Waals surface area contributed by atoms with E-state index in [-0.39, 0.29) is 11.3 Å². The number of thiazole rings is 1. The number of nitrogens with zero attached hydrogens (tertiary/aromatic N) is 1. The van der Waals surface area contributed by atoms with Crippen LogP contribution in [-0.4, -0.2) is 24.0 Å². The summed E-state index contributed by atoms with van der Waals surface area (Å²) in [6.45, 7) is 5.31. The number of carbonyl (C=O) groups is 1. The van der Waals surface area contributed by atoms with Gasteiger partial charge in [0.1, 0.15) is 5.69 Å². The zero-order valence-corrected chi connectivity index (χ0v) is 15.1. The zero-order valence-electron chi connectivity index (χ0n) is 12.7. The van der Waals surface area contributed by atoms with Crippen LogP contribution >= 0.6 is 27.3 Å². The summed E-state index contributed by atoms with van der Waals surface area (Å²) in [6, 6.07) is 8.14. The highest BCUT2D eigenvalue weighted by Crippen LogP contribution is 2.25. The van der Waals surface area contributed by atoms with Crippen LogP contribution < -0.4 is 11.1 Å². The molecule has 0 unspecified atom stereocenters. The lowest BCUT2D eigenvalue weighted by atomic mass is 9.84. The second kappa shape index (κ2) is 7.35. The van der Waals surface area contributed by atoms with Crippen LogP contribution in [0.1, 0.15) is 34.9 Å². The van der Waals surface area contributed by atoms with Crippen molar-refractivity contribution in [3.8, 4) is 0 Å². The summed E-state index contributed by atoms with van der Waals surface area (Å²) in [5, 5.41) is 5.66. The van der Waals surface area contributed by atoms with Crippen molar-refractivity contribution in [1.82, 2.24) is 10.3 Å². The van der Waals surface area contributed by atoms with Crippen molar-refractivity contribution in [1.29, 1.82) is 0 Å². The molecule has 1 heterocycles. The van der Waals surface area contributed by atoms with Gasteiger partial charge in [-0.2, -0.15) is 0 Å². The Kier molecular flexibility index (Phi) is 5.72. The molecule has 0 aliphatic carbocycles. The standard InChI is InChI=1S/C16H20BrN3OS/c1-16(2,11-4-3-5-12(17)8-11)10-19-15(21)13-9-22-14(20-13)6-7-18/h3-5,8-9H,6-7,10,18H2,1-2H3,(H,19,21). The molecule has 0 atom stereocenters. The SMILES string of the molecule is CC(C)(CNC(=O)c1csc(CCN)n1)c1cccc(Br)c1. The van der Waals surface area contributed by atoms with Crippen LogP contribution in [0.15, 0.2) is 34.1 Å². The van der Waals surface area contributed by atoms with Crippen molar-refractivity contribution in [3.63, 3.8) is 0 Å².